The first-order valence-electron chi connectivity index (χ1n) is 11.4. The SMILES string of the molecule is CN1CCc2ccc(OCCCN3CCC(c4noc5cc(F)ccc45)CC3)cc2C1=O. The highest BCUT2D eigenvalue weighted by atomic mass is 19.1. The summed E-state index contributed by atoms with van der Waals surface area (Å²) >= 11 is 0. The Morgan fingerprint density at radius 2 is 2.00 bits per heavy atom. The van der Waals surface area contributed by atoms with E-state index in [9.17, 15) is 9.18 Å². The molecule has 0 saturated carbocycles. The van der Waals surface area contributed by atoms with Crippen molar-refractivity contribution in [3.63, 3.8) is 0 Å². The number of hydrogen-bond donors (Lipinski definition) is 0. The van der Waals surface area contributed by atoms with Gasteiger partial charge in [0.25, 0.3) is 5.91 Å². The van der Waals surface area contributed by atoms with E-state index in [1.165, 1.54) is 12.1 Å². The summed E-state index contributed by atoms with van der Waals surface area (Å²) in [6.45, 7) is 4.38. The van der Waals surface area contributed by atoms with Gasteiger partial charge in [-0.1, -0.05) is 11.2 Å². The summed E-state index contributed by atoms with van der Waals surface area (Å²) in [7, 11) is 1.84. The Kier molecular flexibility index (Phi) is 5.83. The maximum Gasteiger partial charge on any atom is 0.254 e. The summed E-state index contributed by atoms with van der Waals surface area (Å²) in [6, 6.07) is 10.5. The summed E-state index contributed by atoms with van der Waals surface area (Å²) in [5.41, 5.74) is 3.35. The Labute approximate surface area is 186 Å². The van der Waals surface area contributed by atoms with Crippen LogP contribution in [0, 0.1) is 5.82 Å². The van der Waals surface area contributed by atoms with Crippen LogP contribution in [0.25, 0.3) is 11.0 Å². The lowest BCUT2D eigenvalue weighted by molar-refractivity contribution is 0.0780. The number of likely N-dealkylation sites (tertiary alicyclic amines) is 1. The summed E-state index contributed by atoms with van der Waals surface area (Å²) in [5.74, 6) is 0.886. The molecule has 0 unspecified atom stereocenters. The molecule has 2 aliphatic rings. The fourth-order valence-corrected chi connectivity index (χ4v) is 4.79. The fraction of sp³-hybridized carbons (Fsp3) is 0.440. The van der Waals surface area contributed by atoms with Gasteiger partial charge in [-0.25, -0.2) is 4.39 Å². The van der Waals surface area contributed by atoms with Crippen molar-refractivity contribution in [1.82, 2.24) is 15.0 Å². The summed E-state index contributed by atoms with van der Waals surface area (Å²) in [5, 5.41) is 5.15. The second-order valence-electron chi connectivity index (χ2n) is 8.82. The van der Waals surface area contributed by atoms with Crippen molar-refractivity contribution in [3.8, 4) is 5.75 Å². The number of aromatic nitrogens is 1. The van der Waals surface area contributed by atoms with Crippen LogP contribution in [0.2, 0.25) is 0 Å². The lowest BCUT2D eigenvalue weighted by Gasteiger charge is -2.31. The number of ether oxygens (including phenoxy) is 1. The minimum Gasteiger partial charge on any atom is -0.494 e. The Bertz CT molecular complexity index is 1120. The first-order chi connectivity index (χ1) is 15.6. The molecule has 1 saturated heterocycles. The van der Waals surface area contributed by atoms with E-state index < -0.39 is 0 Å². The number of rotatable bonds is 6. The smallest absolute Gasteiger partial charge is 0.254 e. The second kappa shape index (κ2) is 8.90. The second-order valence-corrected chi connectivity index (χ2v) is 8.82. The molecule has 168 valence electrons. The Morgan fingerprint density at radius 3 is 2.84 bits per heavy atom. The number of likely N-dealkylation sites (N-methyl/N-ethyl adjacent to an activating group) is 1. The monoisotopic (exact) mass is 437 g/mol. The first kappa shape index (κ1) is 20.9. The van der Waals surface area contributed by atoms with Crippen molar-refractivity contribution < 1.29 is 18.4 Å². The van der Waals surface area contributed by atoms with Crippen LogP contribution < -0.4 is 4.74 Å². The van der Waals surface area contributed by atoms with E-state index in [0.29, 0.717) is 18.1 Å². The van der Waals surface area contributed by atoms with Gasteiger partial charge in [-0.05, 0) is 68.6 Å². The molecule has 3 aromatic rings. The van der Waals surface area contributed by atoms with Gasteiger partial charge >= 0.3 is 0 Å². The van der Waals surface area contributed by atoms with Crippen LogP contribution >= 0.6 is 0 Å². The summed E-state index contributed by atoms with van der Waals surface area (Å²) in [6.07, 6.45) is 3.86. The lowest BCUT2D eigenvalue weighted by atomic mass is 9.91. The largest absolute Gasteiger partial charge is 0.494 e. The van der Waals surface area contributed by atoms with E-state index in [2.05, 4.69) is 10.1 Å². The van der Waals surface area contributed by atoms with E-state index >= 15 is 0 Å². The van der Waals surface area contributed by atoms with Crippen molar-refractivity contribution in [1.29, 1.82) is 0 Å². The van der Waals surface area contributed by atoms with E-state index in [1.807, 2.05) is 25.2 Å². The Balaban J connectivity index is 1.09. The van der Waals surface area contributed by atoms with Crippen LogP contribution in [-0.2, 0) is 6.42 Å². The standard InChI is InChI=1S/C25H28FN3O3/c1-28-11-7-17-3-5-20(16-22(17)25(28)30)31-14-2-10-29-12-8-18(9-13-29)24-21-6-4-19(26)15-23(21)32-27-24/h3-6,15-16,18H,2,7-14H2,1H3. The van der Waals surface area contributed by atoms with Gasteiger partial charge in [0.2, 0.25) is 0 Å². The molecule has 3 heterocycles. The third-order valence-electron chi connectivity index (χ3n) is 6.70. The molecular formula is C25H28FN3O3. The molecule has 0 spiro atoms. The zero-order valence-corrected chi connectivity index (χ0v) is 18.3. The van der Waals surface area contributed by atoms with Crippen LogP contribution in [-0.4, -0.2) is 60.7 Å². The number of benzene rings is 2. The van der Waals surface area contributed by atoms with Crippen LogP contribution in [0.15, 0.2) is 40.9 Å². The minimum absolute atomic E-state index is 0.0737. The van der Waals surface area contributed by atoms with Crippen molar-refractivity contribution >= 4 is 16.9 Å². The molecule has 2 aliphatic heterocycles. The van der Waals surface area contributed by atoms with Crippen molar-refractivity contribution in [2.24, 2.45) is 0 Å². The number of halogens is 1. The predicted molar refractivity (Wildman–Crippen MR) is 120 cm³/mol. The Hall–Kier alpha value is -2.93. The molecule has 0 bridgehead atoms. The maximum absolute atomic E-state index is 13.4. The molecule has 32 heavy (non-hydrogen) atoms. The number of amides is 1. The zero-order valence-electron chi connectivity index (χ0n) is 18.3. The molecule has 0 N–H and O–H groups in total. The molecule has 5 rings (SSSR count). The summed E-state index contributed by atoms with van der Waals surface area (Å²) in [4.78, 5) is 16.6. The molecule has 1 aromatic heterocycles. The molecule has 1 fully saturated rings. The van der Waals surface area contributed by atoms with Gasteiger partial charge in [0.15, 0.2) is 5.58 Å². The third-order valence-corrected chi connectivity index (χ3v) is 6.70. The molecule has 7 heteroatoms. The number of nitrogens with zero attached hydrogens (tertiary/aromatic N) is 3. The number of carbonyl (C=O) groups is 1. The predicted octanol–water partition coefficient (Wildman–Crippen LogP) is 4.24. The highest BCUT2D eigenvalue weighted by Crippen LogP contribution is 2.32. The van der Waals surface area contributed by atoms with Crippen LogP contribution in [0.1, 0.15) is 46.8 Å². The van der Waals surface area contributed by atoms with Gasteiger partial charge in [-0.3, -0.25) is 4.79 Å². The van der Waals surface area contributed by atoms with Crippen molar-refractivity contribution in [2.75, 3.05) is 39.8 Å². The minimum atomic E-state index is -0.299. The number of hydrogen-bond acceptors (Lipinski definition) is 5. The average Bonchev–Trinajstić information content (AvgIpc) is 3.23. The zero-order chi connectivity index (χ0) is 22.1. The molecule has 2 aromatic carbocycles. The first-order valence-corrected chi connectivity index (χ1v) is 11.4. The van der Waals surface area contributed by atoms with Gasteiger partial charge in [-0.2, -0.15) is 0 Å². The molecule has 1 amide bonds. The van der Waals surface area contributed by atoms with Crippen LogP contribution in [0.5, 0.6) is 5.75 Å². The van der Waals surface area contributed by atoms with E-state index in [1.54, 1.807) is 11.0 Å². The maximum atomic E-state index is 13.4. The Morgan fingerprint density at radius 1 is 1.16 bits per heavy atom. The normalized spacial score (nSPS) is 17.7. The van der Waals surface area contributed by atoms with Crippen LogP contribution in [0.3, 0.4) is 0 Å². The molecule has 0 radical (unpaired) electrons. The number of carbonyl (C=O) groups excluding carboxylic acids is 1. The number of fused-ring (bicyclic) bond motifs is 2. The fourth-order valence-electron chi connectivity index (χ4n) is 4.79. The average molecular weight is 438 g/mol. The molecule has 0 aliphatic carbocycles. The molecule has 6 nitrogen and oxygen atoms in total. The van der Waals surface area contributed by atoms with Gasteiger partial charge in [0.1, 0.15) is 11.6 Å². The van der Waals surface area contributed by atoms with Crippen molar-refractivity contribution in [2.45, 2.75) is 31.6 Å². The number of piperidine rings is 1. The van der Waals surface area contributed by atoms with E-state index in [4.69, 9.17) is 9.26 Å². The van der Waals surface area contributed by atoms with Crippen molar-refractivity contribution in [3.05, 3.63) is 59.0 Å². The van der Waals surface area contributed by atoms with E-state index in [-0.39, 0.29) is 11.7 Å². The molecule has 0 atom stereocenters. The van der Waals surface area contributed by atoms with Gasteiger partial charge in [0.05, 0.1) is 12.3 Å². The summed E-state index contributed by atoms with van der Waals surface area (Å²) < 4.78 is 24.6. The van der Waals surface area contributed by atoms with E-state index in [0.717, 1.165) is 79.8 Å². The quantitative estimate of drug-likeness (QED) is 0.540. The molecular weight excluding hydrogens is 409 g/mol. The van der Waals surface area contributed by atoms with Gasteiger partial charge in [-0.15, -0.1) is 0 Å². The highest BCUT2D eigenvalue weighted by Gasteiger charge is 2.25. The topological polar surface area (TPSA) is 58.8 Å². The third kappa shape index (κ3) is 4.21. The van der Waals surface area contributed by atoms with Gasteiger partial charge < -0.3 is 19.1 Å². The van der Waals surface area contributed by atoms with Crippen LogP contribution in [0.4, 0.5) is 4.39 Å². The van der Waals surface area contributed by atoms with Gasteiger partial charge in [0, 0.05) is 43.1 Å². The highest BCUT2D eigenvalue weighted by molar-refractivity contribution is 5.97. The lowest BCUT2D eigenvalue weighted by Crippen LogP contribution is -2.34.